The summed E-state index contributed by atoms with van der Waals surface area (Å²) in [5.74, 6) is 0. The third-order valence-corrected chi connectivity index (χ3v) is 5.43. The van der Waals surface area contributed by atoms with E-state index in [1.165, 1.54) is 39.1 Å². The molecule has 3 heterocycles. The lowest BCUT2D eigenvalue weighted by Crippen LogP contribution is -2.42. The number of likely N-dealkylation sites (N-methyl/N-ethyl adjacent to an activating group) is 3. The SMILES string of the molecule is C.CC1=CCN(C)CC1.CN1CCC(C)(O)CC1.CN1CCN(C)CC1. The lowest BCUT2D eigenvalue weighted by Gasteiger charge is -2.33. The second-order valence-corrected chi connectivity index (χ2v) is 8.47. The van der Waals surface area contributed by atoms with E-state index >= 15 is 0 Å². The Morgan fingerprint density at radius 2 is 1.19 bits per heavy atom. The fourth-order valence-corrected chi connectivity index (χ4v) is 2.88. The van der Waals surface area contributed by atoms with Gasteiger partial charge in [-0.2, -0.15) is 0 Å². The summed E-state index contributed by atoms with van der Waals surface area (Å²) in [5.41, 5.74) is 1.16. The molecular formula is C21H46N4O. The third kappa shape index (κ3) is 12.0. The molecule has 5 heteroatoms. The van der Waals surface area contributed by atoms with E-state index in [9.17, 15) is 5.11 Å². The summed E-state index contributed by atoms with van der Waals surface area (Å²) in [7, 11) is 8.60. The van der Waals surface area contributed by atoms with Crippen molar-refractivity contribution < 1.29 is 5.11 Å². The number of rotatable bonds is 0. The predicted octanol–water partition coefficient (Wildman–Crippen LogP) is 2.23. The average molecular weight is 371 g/mol. The number of hydrogen-bond donors (Lipinski definition) is 1. The maximum Gasteiger partial charge on any atom is 0.0644 e. The molecule has 156 valence electrons. The molecule has 1 N–H and O–H groups in total. The molecular weight excluding hydrogens is 324 g/mol. The van der Waals surface area contributed by atoms with Crippen LogP contribution in [0.25, 0.3) is 0 Å². The lowest BCUT2D eigenvalue weighted by atomic mass is 9.94. The zero-order chi connectivity index (χ0) is 18.9. The van der Waals surface area contributed by atoms with Crippen LogP contribution in [0, 0.1) is 0 Å². The fourth-order valence-electron chi connectivity index (χ4n) is 2.88. The molecule has 0 aromatic heterocycles. The van der Waals surface area contributed by atoms with Crippen LogP contribution in [-0.2, 0) is 0 Å². The van der Waals surface area contributed by atoms with E-state index in [0.29, 0.717) is 0 Å². The van der Waals surface area contributed by atoms with Gasteiger partial charge in [-0.15, -0.1) is 0 Å². The van der Waals surface area contributed by atoms with Crippen LogP contribution in [0.15, 0.2) is 11.6 Å². The first-order valence-corrected chi connectivity index (χ1v) is 9.80. The Labute approximate surface area is 163 Å². The Hall–Kier alpha value is -0.460. The summed E-state index contributed by atoms with van der Waals surface area (Å²) >= 11 is 0. The monoisotopic (exact) mass is 370 g/mol. The quantitative estimate of drug-likeness (QED) is 0.661. The van der Waals surface area contributed by atoms with E-state index in [4.69, 9.17) is 0 Å². The molecule has 26 heavy (non-hydrogen) atoms. The predicted molar refractivity (Wildman–Crippen MR) is 115 cm³/mol. The molecule has 0 amide bonds. The van der Waals surface area contributed by atoms with Crippen molar-refractivity contribution in [1.82, 2.24) is 19.6 Å². The number of hydrogen-bond acceptors (Lipinski definition) is 5. The lowest BCUT2D eigenvalue weighted by molar-refractivity contribution is 0.000999. The Balaban J connectivity index is 0.000000355. The second kappa shape index (κ2) is 12.8. The number of piperazine rings is 1. The summed E-state index contributed by atoms with van der Waals surface area (Å²) in [5, 5.41) is 9.47. The van der Waals surface area contributed by atoms with Crippen molar-refractivity contribution in [2.24, 2.45) is 0 Å². The Bertz CT molecular complexity index is 369. The van der Waals surface area contributed by atoms with Crippen LogP contribution in [0.5, 0.6) is 0 Å². The third-order valence-electron chi connectivity index (χ3n) is 5.43. The summed E-state index contributed by atoms with van der Waals surface area (Å²) in [4.78, 5) is 9.30. The van der Waals surface area contributed by atoms with Gasteiger partial charge in [0.2, 0.25) is 0 Å². The molecule has 5 nitrogen and oxygen atoms in total. The van der Waals surface area contributed by atoms with Crippen molar-refractivity contribution in [2.45, 2.75) is 46.1 Å². The molecule has 0 bridgehead atoms. The molecule has 3 aliphatic rings. The average Bonchev–Trinajstić information content (AvgIpc) is 2.57. The van der Waals surface area contributed by atoms with Crippen molar-refractivity contribution >= 4 is 0 Å². The van der Waals surface area contributed by atoms with Crippen molar-refractivity contribution in [3.8, 4) is 0 Å². The van der Waals surface area contributed by atoms with Gasteiger partial charge in [-0.1, -0.05) is 19.1 Å². The van der Waals surface area contributed by atoms with Gasteiger partial charge in [0.1, 0.15) is 0 Å². The summed E-state index contributed by atoms with van der Waals surface area (Å²) in [6, 6.07) is 0. The van der Waals surface area contributed by atoms with Gasteiger partial charge in [0, 0.05) is 52.4 Å². The molecule has 0 aromatic rings. The normalized spacial score (nSPS) is 25.0. The number of likely N-dealkylation sites (tertiary alicyclic amines) is 1. The van der Waals surface area contributed by atoms with Crippen molar-refractivity contribution in [2.75, 3.05) is 80.5 Å². The van der Waals surface area contributed by atoms with Crippen molar-refractivity contribution in [3.63, 3.8) is 0 Å². The van der Waals surface area contributed by atoms with Crippen LogP contribution in [-0.4, -0.2) is 111 Å². The Morgan fingerprint density at radius 1 is 0.769 bits per heavy atom. The van der Waals surface area contributed by atoms with Crippen molar-refractivity contribution in [1.29, 1.82) is 0 Å². The molecule has 2 fully saturated rings. The number of piperidine rings is 1. The molecule has 0 radical (unpaired) electrons. The Kier molecular flexibility index (Phi) is 12.6. The fraction of sp³-hybridized carbons (Fsp3) is 0.905. The smallest absolute Gasteiger partial charge is 0.0644 e. The summed E-state index contributed by atoms with van der Waals surface area (Å²) in [6.45, 7) is 13.5. The van der Waals surface area contributed by atoms with Gasteiger partial charge in [0.25, 0.3) is 0 Å². The van der Waals surface area contributed by atoms with Gasteiger partial charge in [-0.25, -0.2) is 0 Å². The molecule has 0 spiro atoms. The number of nitrogens with zero attached hydrogens (tertiary/aromatic N) is 4. The van der Waals surface area contributed by atoms with Gasteiger partial charge >= 0.3 is 0 Å². The summed E-state index contributed by atoms with van der Waals surface area (Å²) in [6.07, 6.45) is 5.40. The van der Waals surface area contributed by atoms with Crippen LogP contribution in [0.1, 0.15) is 40.5 Å². The highest BCUT2D eigenvalue weighted by molar-refractivity contribution is 5.02. The van der Waals surface area contributed by atoms with Crippen LogP contribution in [0.2, 0.25) is 0 Å². The molecule has 3 rings (SSSR count). The van der Waals surface area contributed by atoms with Crippen LogP contribution < -0.4 is 0 Å². The first kappa shape index (κ1) is 25.5. The number of aliphatic hydroxyl groups is 1. The van der Waals surface area contributed by atoms with E-state index in [-0.39, 0.29) is 13.0 Å². The van der Waals surface area contributed by atoms with E-state index in [1.54, 1.807) is 5.57 Å². The molecule has 3 aliphatic heterocycles. The molecule has 2 saturated heterocycles. The van der Waals surface area contributed by atoms with Crippen LogP contribution in [0.3, 0.4) is 0 Å². The van der Waals surface area contributed by atoms with Gasteiger partial charge in [0.05, 0.1) is 5.60 Å². The van der Waals surface area contributed by atoms with E-state index < -0.39 is 0 Å². The Morgan fingerprint density at radius 3 is 1.50 bits per heavy atom. The molecule has 0 unspecified atom stereocenters. The van der Waals surface area contributed by atoms with Crippen LogP contribution in [0.4, 0.5) is 0 Å². The van der Waals surface area contributed by atoms with Crippen molar-refractivity contribution in [3.05, 3.63) is 11.6 Å². The largest absolute Gasteiger partial charge is 0.390 e. The topological polar surface area (TPSA) is 33.2 Å². The van der Waals surface area contributed by atoms with E-state index in [1.807, 2.05) is 6.92 Å². The first-order chi connectivity index (χ1) is 11.7. The second-order valence-electron chi connectivity index (χ2n) is 8.47. The molecule has 0 saturated carbocycles. The minimum Gasteiger partial charge on any atom is -0.390 e. The zero-order valence-electron chi connectivity index (χ0n) is 17.6. The molecule has 0 atom stereocenters. The summed E-state index contributed by atoms with van der Waals surface area (Å²) < 4.78 is 0. The maximum absolute atomic E-state index is 9.47. The van der Waals surface area contributed by atoms with Crippen LogP contribution >= 0.6 is 0 Å². The molecule has 0 aromatic carbocycles. The molecule has 0 aliphatic carbocycles. The zero-order valence-corrected chi connectivity index (χ0v) is 17.6. The minimum atomic E-state index is -0.382. The van der Waals surface area contributed by atoms with Gasteiger partial charge in [-0.3, -0.25) is 0 Å². The highest BCUT2D eigenvalue weighted by atomic mass is 16.3. The minimum absolute atomic E-state index is 0. The highest BCUT2D eigenvalue weighted by Crippen LogP contribution is 2.19. The van der Waals surface area contributed by atoms with E-state index in [0.717, 1.165) is 32.5 Å². The van der Waals surface area contributed by atoms with Gasteiger partial charge in [0.15, 0.2) is 0 Å². The van der Waals surface area contributed by atoms with Gasteiger partial charge in [-0.05, 0) is 61.3 Å². The van der Waals surface area contributed by atoms with Gasteiger partial charge < -0.3 is 24.7 Å². The maximum atomic E-state index is 9.47. The first-order valence-electron chi connectivity index (χ1n) is 9.80. The highest BCUT2D eigenvalue weighted by Gasteiger charge is 2.25. The standard InChI is InChI=1S/C7H15NO.C7H13N.C6H14N2.CH4/c1-7(9)3-5-8(2)6-4-7;2*1-7-3-5-8(2)6-4-7;/h9H,3-6H2,1-2H3;3H,4-6H2,1-2H3;3-6H2,1-2H3;1H4. The van der Waals surface area contributed by atoms with E-state index in [2.05, 4.69) is 60.8 Å².